The van der Waals surface area contributed by atoms with Gasteiger partial charge in [0.25, 0.3) is 0 Å². The topological polar surface area (TPSA) is 212 Å². The fourth-order valence-corrected chi connectivity index (χ4v) is 17.5. The average molecular weight is 1390 g/mol. The molecule has 8 aromatic carbocycles. The Morgan fingerprint density at radius 1 is 0.167 bits per heavy atom. The number of H-pyrrole nitrogens is 2. The summed E-state index contributed by atoms with van der Waals surface area (Å²) in [4.78, 5) is 91.5. The van der Waals surface area contributed by atoms with Crippen LogP contribution < -0.4 is 0 Å². The molecule has 2 N–H and O–H groups in total. The molecule has 15 aromatic rings. The molecule has 0 saturated carbocycles. The van der Waals surface area contributed by atoms with Crippen LogP contribution in [0, 0.1) is 0 Å². The van der Waals surface area contributed by atoms with Crippen LogP contribution in [0.1, 0.15) is 0 Å². The Balaban J connectivity index is 0.987. The van der Waals surface area contributed by atoms with Crippen molar-refractivity contribution >= 4 is 139 Å². The number of benzene rings is 8. The Morgan fingerprint density at radius 3 is 0.490 bits per heavy atom. The van der Waals surface area contributed by atoms with Crippen molar-refractivity contribution in [2.24, 2.45) is 0 Å². The van der Waals surface area contributed by atoms with Crippen molar-refractivity contribution in [1.82, 2.24) is 79.7 Å². The number of aromatic nitrogens is 16. The van der Waals surface area contributed by atoms with Gasteiger partial charge < -0.3 is 9.97 Å². The maximum absolute atomic E-state index is 5.51. The van der Waals surface area contributed by atoms with E-state index in [9.17, 15) is 0 Å². The van der Waals surface area contributed by atoms with Gasteiger partial charge in [-0.3, -0.25) is 0 Å². The molecule has 2 aliphatic rings. The van der Waals surface area contributed by atoms with Crippen molar-refractivity contribution < 1.29 is 0 Å². The molecule has 0 saturated heterocycles. The molecule has 0 aliphatic carbocycles. The number of hydrogen-bond acceptors (Lipinski definition) is 22. The molecule has 0 unspecified atom stereocenters. The highest BCUT2D eigenvalue weighted by Gasteiger charge is 2.31. The van der Waals surface area contributed by atoms with E-state index >= 15 is 0 Å². The predicted molar refractivity (Wildman–Crippen MR) is 383 cm³/mol. The van der Waals surface area contributed by atoms with Crippen molar-refractivity contribution in [2.75, 3.05) is 0 Å². The van der Waals surface area contributed by atoms with Crippen LogP contribution >= 0.6 is 94.1 Å². The Kier molecular flexibility index (Phi) is 16.7. The van der Waals surface area contributed by atoms with Crippen molar-refractivity contribution in [3.63, 3.8) is 0 Å². The average Bonchev–Trinajstić information content (AvgIpc) is 1.61. The summed E-state index contributed by atoms with van der Waals surface area (Å²) in [6.45, 7) is 0. The summed E-state index contributed by atoms with van der Waals surface area (Å²) in [5.41, 5.74) is 4.47. The standard InChI is InChI=1S/C72H42N16S8/c1-9-25-41(26-10-1)89-65-66(90-42-27-11-2-12-28-42)74-50-49(73-65)57-81-58(50)86-60-53-54(78-70(94-46-35-19-6-20-36-46)69(77-53)93-45-33-17-5-18-34-45)62(83-60)88-64-56-55(79-71(95-47-37-21-7-22-38-47)72(80-56)96-48-39-23-8-24-40-48)63(84-64)87-61-52-51(59(82-61)85-57)75-67(91-43-29-13-3-14-30-43)68(76-52)92-44-31-15-4-16-32-44/h1-40H,(H2,81,82,83,84,85,86,87,88). The largest absolute Gasteiger partial charge is 0.321 e. The summed E-state index contributed by atoms with van der Waals surface area (Å²) in [5.74, 6) is 0.873. The summed E-state index contributed by atoms with van der Waals surface area (Å²) in [5, 5.41) is 5.17. The van der Waals surface area contributed by atoms with Gasteiger partial charge in [-0.25, -0.2) is 69.8 Å². The lowest BCUT2D eigenvalue weighted by molar-refractivity contribution is 0.930. The highest BCUT2D eigenvalue weighted by atomic mass is 32.2. The minimum atomic E-state index is 0.218. The third kappa shape index (κ3) is 12.7. The van der Waals surface area contributed by atoms with Crippen molar-refractivity contribution in [3.05, 3.63) is 243 Å². The second kappa shape index (κ2) is 26.8. The van der Waals surface area contributed by atoms with Crippen LogP contribution in [0.3, 0.4) is 0 Å². The molecule has 0 spiro atoms. The molecule has 0 amide bonds. The van der Waals surface area contributed by atoms with E-state index in [4.69, 9.17) is 69.8 Å². The Hall–Kier alpha value is -9.76. The normalized spacial score (nSPS) is 11.7. The molecular weight excluding hydrogens is 1350 g/mol. The van der Waals surface area contributed by atoms with Gasteiger partial charge in [0.05, 0.1) is 0 Å². The second-order valence-corrected chi connectivity index (χ2v) is 29.6. The van der Waals surface area contributed by atoms with Gasteiger partial charge >= 0.3 is 0 Å². The van der Waals surface area contributed by atoms with Crippen molar-refractivity contribution in [2.45, 2.75) is 79.4 Å². The van der Waals surface area contributed by atoms with Gasteiger partial charge in [-0.1, -0.05) is 240 Å². The summed E-state index contributed by atoms with van der Waals surface area (Å²) >= 11 is 12.0. The summed E-state index contributed by atoms with van der Waals surface area (Å²) in [6, 6.07) is 81.0. The highest BCUT2D eigenvalue weighted by molar-refractivity contribution is 8.03. The van der Waals surface area contributed by atoms with Gasteiger partial charge in [0, 0.05) is 39.2 Å². The lowest BCUT2D eigenvalue weighted by Crippen LogP contribution is -1.97. The molecular formula is C72H42N16S8. The number of rotatable bonds is 16. The van der Waals surface area contributed by atoms with Gasteiger partial charge in [-0.2, -0.15) is 0 Å². The van der Waals surface area contributed by atoms with E-state index in [0.717, 1.165) is 39.2 Å². The summed E-state index contributed by atoms with van der Waals surface area (Å²) in [7, 11) is 0. The van der Waals surface area contributed by atoms with Crippen molar-refractivity contribution in [1.29, 1.82) is 0 Å². The van der Waals surface area contributed by atoms with Gasteiger partial charge in [0.2, 0.25) is 0 Å². The summed E-state index contributed by atoms with van der Waals surface area (Å²) < 4.78 is 0. The SMILES string of the molecule is c1ccc(Sc2nc3c(nc2Sc2ccccc2)-c2nc-3nc3[nH]c(nc4nc(nc5[nH]c(n2)c2nc(Sc6ccccc6)c(Sc6ccccc6)nc52)-c2nc(Sc5ccccc5)c(Sc5ccccc5)nc2-4)c2nc(Sc4ccccc4)c(Sc4ccccc4)nc32)cc1. The van der Waals surface area contributed by atoms with Crippen LogP contribution in [0.2, 0.25) is 0 Å². The molecule has 8 bridgehead atoms. The Morgan fingerprint density at radius 2 is 0.323 bits per heavy atom. The first-order chi connectivity index (χ1) is 47.5. The fourth-order valence-electron chi connectivity index (χ4n) is 10.2. The molecule has 0 fully saturated rings. The van der Waals surface area contributed by atoms with E-state index in [0.29, 0.717) is 108 Å². The number of fused-ring (bicyclic) bond motifs is 20. The third-order valence-corrected chi connectivity index (χ3v) is 22.9. The molecule has 17 rings (SSSR count). The zero-order chi connectivity index (χ0) is 63.7. The van der Waals surface area contributed by atoms with Crippen molar-refractivity contribution in [3.8, 4) is 46.1 Å². The summed E-state index contributed by atoms with van der Waals surface area (Å²) in [6.07, 6.45) is 0. The van der Waals surface area contributed by atoms with Crippen LogP contribution in [-0.2, 0) is 0 Å². The van der Waals surface area contributed by atoms with Gasteiger partial charge in [0.15, 0.2) is 45.9 Å². The zero-order valence-electron chi connectivity index (χ0n) is 49.6. The molecule has 16 nitrogen and oxygen atoms in total. The minimum Gasteiger partial charge on any atom is -0.321 e. The van der Waals surface area contributed by atoms with Crippen LogP contribution in [0.15, 0.2) is 322 Å². The number of nitrogens with zero attached hydrogens (tertiary/aromatic N) is 14. The third-order valence-electron chi connectivity index (χ3n) is 14.5. The molecule has 9 heterocycles. The predicted octanol–water partition coefficient (Wildman–Crippen LogP) is 19.2. The number of hydrogen-bond donors (Lipinski definition) is 2. The molecule has 24 heteroatoms. The van der Waals surface area contributed by atoms with E-state index in [2.05, 4.69) is 107 Å². The zero-order valence-corrected chi connectivity index (χ0v) is 56.2. The lowest BCUT2D eigenvalue weighted by Gasteiger charge is -2.10. The molecule has 2 aliphatic heterocycles. The van der Waals surface area contributed by atoms with E-state index in [-0.39, 0.29) is 23.3 Å². The van der Waals surface area contributed by atoms with Crippen LogP contribution in [-0.4, -0.2) is 79.7 Å². The first-order valence-electron chi connectivity index (χ1n) is 29.8. The maximum atomic E-state index is 5.51. The fraction of sp³-hybridized carbons (Fsp3) is 0. The van der Waals surface area contributed by atoms with Crippen LogP contribution in [0.5, 0.6) is 0 Å². The van der Waals surface area contributed by atoms with Crippen LogP contribution in [0.25, 0.3) is 90.7 Å². The Bertz CT molecular complexity index is 4920. The molecule has 7 aromatic heterocycles. The molecule has 0 atom stereocenters. The number of nitrogens with one attached hydrogen (secondary N) is 2. The highest BCUT2D eigenvalue weighted by Crippen LogP contribution is 2.46. The van der Waals surface area contributed by atoms with E-state index < -0.39 is 0 Å². The quantitative estimate of drug-likeness (QED) is 0.0920. The molecule has 0 radical (unpaired) electrons. The second-order valence-electron chi connectivity index (χ2n) is 21.1. The van der Waals surface area contributed by atoms with Crippen LogP contribution in [0.4, 0.5) is 0 Å². The number of aromatic amines is 2. The molecule has 458 valence electrons. The maximum Gasteiger partial charge on any atom is 0.184 e. The lowest BCUT2D eigenvalue weighted by atomic mass is 10.3. The van der Waals surface area contributed by atoms with Gasteiger partial charge in [0.1, 0.15) is 85.1 Å². The monoisotopic (exact) mass is 1390 g/mol. The van der Waals surface area contributed by atoms with E-state index in [1.165, 1.54) is 94.1 Å². The van der Waals surface area contributed by atoms with Gasteiger partial charge in [-0.15, -0.1) is 0 Å². The minimum absolute atomic E-state index is 0.218. The molecule has 96 heavy (non-hydrogen) atoms. The smallest absolute Gasteiger partial charge is 0.184 e. The Labute approximate surface area is 581 Å². The van der Waals surface area contributed by atoms with E-state index in [1.807, 2.05) is 146 Å². The van der Waals surface area contributed by atoms with Gasteiger partial charge in [-0.05, 0) is 97.1 Å². The first-order valence-corrected chi connectivity index (χ1v) is 36.3. The van der Waals surface area contributed by atoms with E-state index in [1.54, 1.807) is 0 Å². The first kappa shape index (κ1) is 59.9.